The Morgan fingerprint density at radius 2 is 1.12 bits per heavy atom. The zero-order chi connectivity index (χ0) is 25.8. The monoisotopic (exact) mass is 524 g/mol. The fourth-order valence-electron chi connectivity index (χ4n) is 2.66. The summed E-state index contributed by atoms with van der Waals surface area (Å²) in [5, 5.41) is 15.8. The second-order valence-corrected chi connectivity index (χ2v) is 24.3. The highest BCUT2D eigenvalue weighted by atomic mass is 35.6. The number of halogens is 1. The van der Waals surface area contributed by atoms with Gasteiger partial charge >= 0.3 is 0 Å². The minimum absolute atomic E-state index is 0.292. The fraction of sp³-hybridized carbons (Fsp3) is 1.00. The summed E-state index contributed by atoms with van der Waals surface area (Å²) in [7, 11) is -2.92. The van der Waals surface area contributed by atoms with Crippen molar-refractivity contribution >= 4 is 26.8 Å². The summed E-state index contributed by atoms with van der Waals surface area (Å²) in [6, 6.07) is 0. The number of nitrogens with one attached hydrogen (secondary N) is 2. The van der Waals surface area contributed by atoms with E-state index in [1.165, 1.54) is 13.1 Å². The van der Waals surface area contributed by atoms with Crippen LogP contribution in [-0.2, 0) is 4.43 Å². The van der Waals surface area contributed by atoms with Gasteiger partial charge in [0.25, 0.3) is 0 Å². The maximum absolute atomic E-state index is 8.56. The molecule has 0 amide bonds. The molecule has 2 saturated heterocycles. The molecule has 0 spiro atoms. The molecule has 0 bridgehead atoms. The Hall–Kier alpha value is 0.484. The Morgan fingerprint density at radius 3 is 1.42 bits per heavy atom. The van der Waals surface area contributed by atoms with Crippen LogP contribution in [0.1, 0.15) is 41.5 Å². The van der Waals surface area contributed by atoms with Gasteiger partial charge in [-0.25, -0.2) is 0 Å². The van der Waals surface area contributed by atoms with E-state index in [1.807, 2.05) is 0 Å². The van der Waals surface area contributed by atoms with Gasteiger partial charge in [-0.3, -0.25) is 9.80 Å². The maximum Gasteiger partial charge on any atom is 0.192 e. The molecule has 200 valence electrons. The van der Waals surface area contributed by atoms with Crippen molar-refractivity contribution in [1.29, 1.82) is 0 Å². The van der Waals surface area contributed by atoms with Crippen molar-refractivity contribution in [3.8, 4) is 0 Å². The Bertz CT molecular complexity index is 479. The number of aliphatic hydroxyl groups excluding tert-OH is 1. The van der Waals surface area contributed by atoms with Crippen LogP contribution >= 0.6 is 11.1 Å². The fourth-order valence-corrected chi connectivity index (χ4v) is 3.69. The molecule has 0 atom stereocenters. The van der Waals surface area contributed by atoms with Gasteiger partial charge in [0.1, 0.15) is 0 Å². The van der Waals surface area contributed by atoms with Crippen molar-refractivity contribution in [1.82, 2.24) is 20.4 Å². The number of rotatable bonds is 6. The molecule has 6 nitrogen and oxygen atoms in total. The molecule has 0 saturated carbocycles. The Labute approximate surface area is 213 Å². The number of piperazine rings is 2. The second kappa shape index (κ2) is 15.6. The molecule has 2 aliphatic heterocycles. The highest BCUT2D eigenvalue weighted by molar-refractivity contribution is 7.20. The van der Waals surface area contributed by atoms with Crippen LogP contribution in [0.25, 0.3) is 0 Å². The van der Waals surface area contributed by atoms with E-state index in [2.05, 4.69) is 88.2 Å². The van der Waals surface area contributed by atoms with Crippen LogP contribution in [0.2, 0.25) is 36.3 Å². The van der Waals surface area contributed by atoms with Gasteiger partial charge in [-0.05, 0) is 23.2 Å². The smallest absolute Gasteiger partial charge is 0.192 e. The van der Waals surface area contributed by atoms with Gasteiger partial charge in [0, 0.05) is 72.1 Å². The average Bonchev–Trinajstić information content (AvgIpc) is 2.68. The first-order chi connectivity index (χ1) is 15.0. The first-order valence-electron chi connectivity index (χ1n) is 12.8. The molecule has 2 rings (SSSR count). The average molecular weight is 525 g/mol. The third-order valence-corrected chi connectivity index (χ3v) is 17.1. The molecular formula is C24H57ClN4O2Si2. The molecule has 0 aromatic carbocycles. The minimum atomic E-state index is -1.53. The van der Waals surface area contributed by atoms with Gasteiger partial charge in [-0.1, -0.05) is 54.6 Å². The third-order valence-electron chi connectivity index (χ3n) is 7.30. The molecular weight excluding hydrogens is 468 g/mol. The van der Waals surface area contributed by atoms with Crippen LogP contribution < -0.4 is 10.6 Å². The van der Waals surface area contributed by atoms with Crippen molar-refractivity contribution in [2.24, 2.45) is 0 Å². The molecule has 9 heteroatoms. The van der Waals surface area contributed by atoms with Gasteiger partial charge in [0.05, 0.1) is 6.61 Å². The summed E-state index contributed by atoms with van der Waals surface area (Å²) in [5.41, 5.74) is 0. The lowest BCUT2D eigenvalue weighted by atomic mass is 10.2. The van der Waals surface area contributed by atoms with Crippen LogP contribution in [0, 0.1) is 0 Å². The van der Waals surface area contributed by atoms with E-state index in [0.29, 0.717) is 16.7 Å². The Kier molecular flexibility index (Phi) is 15.8. The van der Waals surface area contributed by atoms with Gasteiger partial charge in [0.15, 0.2) is 15.7 Å². The van der Waals surface area contributed by atoms with E-state index < -0.39 is 15.7 Å². The third kappa shape index (κ3) is 15.3. The predicted octanol–water partition coefficient (Wildman–Crippen LogP) is 4.03. The van der Waals surface area contributed by atoms with Crippen LogP contribution in [0.3, 0.4) is 0 Å². The lowest BCUT2D eigenvalue weighted by Crippen LogP contribution is -2.47. The summed E-state index contributed by atoms with van der Waals surface area (Å²) in [5.74, 6) is 0. The van der Waals surface area contributed by atoms with Crippen molar-refractivity contribution < 1.29 is 9.53 Å². The zero-order valence-corrected chi connectivity index (χ0v) is 26.4. The highest BCUT2D eigenvalue weighted by Crippen LogP contribution is 2.38. The van der Waals surface area contributed by atoms with Crippen LogP contribution in [0.15, 0.2) is 0 Å². The summed E-state index contributed by atoms with van der Waals surface area (Å²) in [6.45, 7) is 34.5. The normalized spacial score (nSPS) is 19.3. The van der Waals surface area contributed by atoms with Gasteiger partial charge in [-0.15, -0.1) is 0 Å². The van der Waals surface area contributed by atoms with Crippen molar-refractivity contribution in [2.75, 3.05) is 78.7 Å². The second-order valence-electron chi connectivity index (χ2n) is 12.2. The van der Waals surface area contributed by atoms with E-state index in [4.69, 9.17) is 20.6 Å². The molecule has 0 aromatic rings. The van der Waals surface area contributed by atoms with Crippen LogP contribution in [0.4, 0.5) is 0 Å². The molecule has 2 fully saturated rings. The maximum atomic E-state index is 8.56. The highest BCUT2D eigenvalue weighted by Gasteiger charge is 2.37. The van der Waals surface area contributed by atoms with E-state index in [1.54, 1.807) is 0 Å². The molecule has 33 heavy (non-hydrogen) atoms. The molecule has 2 heterocycles. The Balaban J connectivity index is 0.000000511. The van der Waals surface area contributed by atoms with Gasteiger partial charge in [0.2, 0.25) is 0 Å². The first-order valence-corrected chi connectivity index (χ1v) is 19.7. The van der Waals surface area contributed by atoms with Crippen LogP contribution in [-0.4, -0.2) is 109 Å². The van der Waals surface area contributed by atoms with E-state index >= 15 is 0 Å². The quantitative estimate of drug-likeness (QED) is 0.360. The molecule has 0 unspecified atom stereocenters. The topological polar surface area (TPSA) is 60.0 Å². The lowest BCUT2D eigenvalue weighted by molar-refractivity contribution is 0.180. The first kappa shape index (κ1) is 33.5. The van der Waals surface area contributed by atoms with E-state index in [9.17, 15) is 0 Å². The number of β-amino-alcohol motifs (C(OH)–C–C–N with tert-alkyl or cyclic N) is 1. The molecule has 0 radical (unpaired) electrons. The van der Waals surface area contributed by atoms with Gasteiger partial charge < -0.3 is 20.2 Å². The minimum Gasteiger partial charge on any atom is -0.416 e. The molecule has 3 N–H and O–H groups in total. The standard InChI is InChI=1S/C12H28N2OSi.C6H15ClSi.C6H14N2O/c1-12(2,3)16(4,5)15-11-10-14-8-6-13-7-9-14;1-6(2,3)8(4,5)7;9-6-5-8-3-1-7-2-4-8/h13H,6-11H2,1-5H3;1-5H3;7,9H,1-6H2. The number of hydrogen-bond donors (Lipinski definition) is 3. The van der Waals surface area contributed by atoms with Crippen molar-refractivity contribution in [3.05, 3.63) is 0 Å². The molecule has 2 aliphatic rings. The summed E-state index contributed by atoms with van der Waals surface area (Å²) in [6.07, 6.45) is 0. The Morgan fingerprint density at radius 1 is 0.758 bits per heavy atom. The zero-order valence-electron chi connectivity index (χ0n) is 23.6. The van der Waals surface area contributed by atoms with Crippen LogP contribution in [0.5, 0.6) is 0 Å². The van der Waals surface area contributed by atoms with Crippen molar-refractivity contribution in [3.63, 3.8) is 0 Å². The molecule has 0 aliphatic carbocycles. The van der Waals surface area contributed by atoms with E-state index in [0.717, 1.165) is 59.0 Å². The van der Waals surface area contributed by atoms with E-state index in [-0.39, 0.29) is 0 Å². The SMILES string of the molecule is CC(C)(C)[Si](C)(C)Cl.CC(C)(C)[Si](C)(C)OCCN1CCNCC1.OCCN1CCNCC1. The predicted molar refractivity (Wildman–Crippen MR) is 152 cm³/mol. The number of hydrogen-bond acceptors (Lipinski definition) is 6. The summed E-state index contributed by atoms with van der Waals surface area (Å²) in [4.78, 5) is 4.75. The van der Waals surface area contributed by atoms with Crippen molar-refractivity contribution in [2.45, 2.75) is 77.8 Å². The number of nitrogens with zero attached hydrogens (tertiary/aromatic N) is 2. The molecule has 0 aromatic heterocycles. The largest absolute Gasteiger partial charge is 0.416 e. The lowest BCUT2D eigenvalue weighted by Gasteiger charge is -2.37. The summed E-state index contributed by atoms with van der Waals surface area (Å²) < 4.78 is 6.17. The number of aliphatic hydroxyl groups is 1. The summed E-state index contributed by atoms with van der Waals surface area (Å²) >= 11 is 6.15. The van der Waals surface area contributed by atoms with Gasteiger partial charge in [-0.2, -0.15) is 11.1 Å².